The second-order valence-corrected chi connectivity index (χ2v) is 7.43. The number of hydrogen-bond donors (Lipinski definition) is 0. The molecule has 0 N–H and O–H groups in total. The van der Waals surface area contributed by atoms with Gasteiger partial charge in [-0.3, -0.25) is 0 Å². The summed E-state index contributed by atoms with van der Waals surface area (Å²) in [6.45, 7) is 13.8. The molecule has 0 heterocycles. The van der Waals surface area contributed by atoms with E-state index in [0.717, 1.165) is 6.29 Å². The monoisotopic (exact) mass is 258 g/mol. The number of rotatable bonds is 2. The Hall–Kier alpha value is -1.11. The highest BCUT2D eigenvalue weighted by Crippen LogP contribution is 2.50. The lowest BCUT2D eigenvalue weighted by Crippen LogP contribution is -2.41. The molecule has 1 nitrogen and oxygen atoms in total. The van der Waals surface area contributed by atoms with Gasteiger partial charge in [-0.05, 0) is 46.8 Å². The Morgan fingerprint density at radius 2 is 1.89 bits per heavy atom. The molecule has 0 saturated carbocycles. The molecule has 104 valence electrons. The van der Waals surface area contributed by atoms with E-state index in [-0.39, 0.29) is 10.8 Å². The highest BCUT2D eigenvalue weighted by molar-refractivity contribution is 5.60. The first-order valence-electron chi connectivity index (χ1n) is 7.28. The van der Waals surface area contributed by atoms with Crippen molar-refractivity contribution in [2.45, 2.75) is 65.2 Å². The summed E-state index contributed by atoms with van der Waals surface area (Å²) in [6.07, 6.45) is 2.76. The van der Waals surface area contributed by atoms with Crippen LogP contribution in [0.5, 0.6) is 0 Å². The molecular weight excluding hydrogens is 232 g/mol. The summed E-state index contributed by atoms with van der Waals surface area (Å²) in [4.78, 5) is 11.0. The molecule has 0 bridgehead atoms. The first-order valence-corrected chi connectivity index (χ1v) is 7.28. The van der Waals surface area contributed by atoms with Crippen molar-refractivity contribution in [3.63, 3.8) is 0 Å². The van der Waals surface area contributed by atoms with Crippen molar-refractivity contribution in [3.05, 3.63) is 34.4 Å². The maximum absolute atomic E-state index is 11.0. The van der Waals surface area contributed by atoms with Crippen LogP contribution < -0.4 is 0 Å². The van der Waals surface area contributed by atoms with Crippen LogP contribution in [0.1, 0.15) is 63.3 Å². The summed E-state index contributed by atoms with van der Waals surface area (Å²) in [5.41, 5.74) is 5.73. The van der Waals surface area contributed by atoms with Gasteiger partial charge in [-0.25, -0.2) is 0 Å². The van der Waals surface area contributed by atoms with Gasteiger partial charge in [-0.2, -0.15) is 0 Å². The molecule has 1 aromatic rings. The summed E-state index contributed by atoms with van der Waals surface area (Å²) in [6, 6.07) is 4.53. The van der Waals surface area contributed by atoms with Gasteiger partial charge in [-0.1, -0.05) is 52.3 Å². The standard InChI is InChI=1S/C18H26O/c1-12-9-14(7-8-19)16-15(10-12)18(5,6)13(2)11-17(16,3)4/h8-10,13H,7,11H2,1-6H3. The molecule has 0 saturated heterocycles. The molecule has 0 aliphatic heterocycles. The van der Waals surface area contributed by atoms with E-state index in [1.165, 1.54) is 28.7 Å². The van der Waals surface area contributed by atoms with Crippen LogP contribution in [0.25, 0.3) is 0 Å². The second-order valence-electron chi connectivity index (χ2n) is 7.43. The van der Waals surface area contributed by atoms with Gasteiger partial charge in [0.25, 0.3) is 0 Å². The Kier molecular flexibility index (Phi) is 3.36. The minimum absolute atomic E-state index is 0.163. The maximum atomic E-state index is 11.0. The lowest BCUT2D eigenvalue weighted by Gasteiger charge is -2.47. The van der Waals surface area contributed by atoms with Crippen molar-refractivity contribution in [2.75, 3.05) is 0 Å². The van der Waals surface area contributed by atoms with Crippen LogP contribution in [-0.4, -0.2) is 6.29 Å². The average Bonchev–Trinajstić information content (AvgIpc) is 2.25. The molecule has 1 unspecified atom stereocenters. The smallest absolute Gasteiger partial charge is 0.124 e. The number of benzene rings is 1. The van der Waals surface area contributed by atoms with Gasteiger partial charge in [0.1, 0.15) is 6.29 Å². The normalized spacial score (nSPS) is 23.8. The summed E-state index contributed by atoms with van der Waals surface area (Å²) < 4.78 is 0. The Balaban J connectivity index is 2.76. The van der Waals surface area contributed by atoms with Crippen LogP contribution in [0.15, 0.2) is 12.1 Å². The van der Waals surface area contributed by atoms with Crippen LogP contribution in [0, 0.1) is 12.8 Å². The lowest BCUT2D eigenvalue weighted by molar-refractivity contribution is -0.107. The molecule has 1 aliphatic rings. The number of fused-ring (bicyclic) bond motifs is 1. The van der Waals surface area contributed by atoms with Gasteiger partial charge >= 0.3 is 0 Å². The molecule has 0 radical (unpaired) electrons. The van der Waals surface area contributed by atoms with Crippen molar-refractivity contribution >= 4 is 6.29 Å². The number of carbonyl (C=O) groups excluding carboxylic acids is 1. The van der Waals surface area contributed by atoms with E-state index in [2.05, 4.69) is 53.7 Å². The van der Waals surface area contributed by atoms with Gasteiger partial charge in [0.15, 0.2) is 0 Å². The van der Waals surface area contributed by atoms with Gasteiger partial charge in [-0.15, -0.1) is 0 Å². The van der Waals surface area contributed by atoms with Crippen LogP contribution >= 0.6 is 0 Å². The Labute approximate surface area is 117 Å². The van der Waals surface area contributed by atoms with Crippen molar-refractivity contribution in [2.24, 2.45) is 5.92 Å². The highest BCUT2D eigenvalue weighted by Gasteiger charge is 2.42. The fourth-order valence-corrected chi connectivity index (χ4v) is 3.81. The van der Waals surface area contributed by atoms with Crippen molar-refractivity contribution < 1.29 is 4.79 Å². The van der Waals surface area contributed by atoms with Crippen molar-refractivity contribution in [3.8, 4) is 0 Å². The van der Waals surface area contributed by atoms with Gasteiger partial charge in [0, 0.05) is 6.42 Å². The number of aryl methyl sites for hydroxylation is 1. The van der Waals surface area contributed by atoms with E-state index in [0.29, 0.717) is 12.3 Å². The predicted octanol–water partition coefficient (Wildman–Crippen LogP) is 4.33. The van der Waals surface area contributed by atoms with Crippen LogP contribution in [0.4, 0.5) is 0 Å². The second kappa shape index (κ2) is 4.47. The predicted molar refractivity (Wildman–Crippen MR) is 80.8 cm³/mol. The third-order valence-corrected chi connectivity index (χ3v) is 5.09. The average molecular weight is 258 g/mol. The van der Waals surface area contributed by atoms with E-state index in [1.54, 1.807) is 0 Å². The molecule has 2 rings (SSSR count). The summed E-state index contributed by atoms with van der Waals surface area (Å²) in [7, 11) is 0. The van der Waals surface area contributed by atoms with E-state index < -0.39 is 0 Å². The van der Waals surface area contributed by atoms with E-state index in [1.807, 2.05) is 0 Å². The molecular formula is C18H26O. The molecule has 0 spiro atoms. The quantitative estimate of drug-likeness (QED) is 0.722. The maximum Gasteiger partial charge on any atom is 0.124 e. The zero-order valence-electron chi connectivity index (χ0n) is 13.1. The van der Waals surface area contributed by atoms with Crippen LogP contribution in [0.3, 0.4) is 0 Å². The third kappa shape index (κ3) is 2.24. The number of hydrogen-bond acceptors (Lipinski definition) is 1. The van der Waals surface area contributed by atoms with Gasteiger partial charge < -0.3 is 4.79 Å². The van der Waals surface area contributed by atoms with Crippen LogP contribution in [-0.2, 0) is 22.0 Å². The summed E-state index contributed by atoms with van der Waals surface area (Å²) in [5.74, 6) is 0.654. The first-order chi connectivity index (χ1) is 8.70. The molecule has 0 fully saturated rings. The Bertz CT molecular complexity index is 509. The molecule has 0 aromatic heterocycles. The topological polar surface area (TPSA) is 17.1 Å². The number of carbonyl (C=O) groups is 1. The summed E-state index contributed by atoms with van der Waals surface area (Å²) >= 11 is 0. The lowest BCUT2D eigenvalue weighted by atomic mass is 9.57. The fraction of sp³-hybridized carbons (Fsp3) is 0.611. The zero-order valence-corrected chi connectivity index (χ0v) is 13.1. The van der Waals surface area contributed by atoms with Gasteiger partial charge in [0.05, 0.1) is 0 Å². The molecule has 1 aliphatic carbocycles. The molecule has 1 heteroatoms. The Morgan fingerprint density at radius 3 is 2.47 bits per heavy atom. The van der Waals surface area contributed by atoms with E-state index >= 15 is 0 Å². The van der Waals surface area contributed by atoms with E-state index in [4.69, 9.17) is 0 Å². The fourth-order valence-electron chi connectivity index (χ4n) is 3.81. The van der Waals surface area contributed by atoms with Crippen LogP contribution in [0.2, 0.25) is 0 Å². The summed E-state index contributed by atoms with van der Waals surface area (Å²) in [5, 5.41) is 0. The third-order valence-electron chi connectivity index (χ3n) is 5.09. The Morgan fingerprint density at radius 1 is 1.26 bits per heavy atom. The minimum Gasteiger partial charge on any atom is -0.303 e. The minimum atomic E-state index is 0.163. The first kappa shape index (κ1) is 14.3. The van der Waals surface area contributed by atoms with Crippen molar-refractivity contribution in [1.29, 1.82) is 0 Å². The van der Waals surface area contributed by atoms with E-state index in [9.17, 15) is 4.79 Å². The molecule has 1 atom stereocenters. The molecule has 1 aromatic carbocycles. The van der Waals surface area contributed by atoms with Gasteiger partial charge in [0.2, 0.25) is 0 Å². The molecule has 19 heavy (non-hydrogen) atoms. The zero-order chi connectivity index (χ0) is 14.4. The molecule has 0 amide bonds. The highest BCUT2D eigenvalue weighted by atomic mass is 16.1. The largest absolute Gasteiger partial charge is 0.303 e. The SMILES string of the molecule is Cc1cc(CC=O)c2c(c1)C(C)(C)C(C)CC2(C)C. The van der Waals surface area contributed by atoms with Crippen molar-refractivity contribution in [1.82, 2.24) is 0 Å². The number of aldehydes is 1.